The van der Waals surface area contributed by atoms with Crippen LogP contribution in [0.15, 0.2) is 29.4 Å². The Labute approximate surface area is 119 Å². The van der Waals surface area contributed by atoms with Crippen molar-refractivity contribution in [3.63, 3.8) is 0 Å². The highest BCUT2D eigenvalue weighted by Crippen LogP contribution is 2.22. The lowest BCUT2D eigenvalue weighted by molar-refractivity contribution is 0.521. The van der Waals surface area contributed by atoms with Gasteiger partial charge in [0.05, 0.1) is 12.4 Å². The van der Waals surface area contributed by atoms with E-state index in [9.17, 15) is 17.2 Å². The molecular formula is C11H11F2N5O2S. The molecule has 0 saturated heterocycles. The molecule has 0 bridgehead atoms. The summed E-state index contributed by atoms with van der Waals surface area (Å²) >= 11 is 0. The predicted octanol–water partition coefficient (Wildman–Crippen LogP) is 0.670. The molecule has 0 spiro atoms. The van der Waals surface area contributed by atoms with E-state index in [0.29, 0.717) is 0 Å². The highest BCUT2D eigenvalue weighted by Gasteiger charge is 2.24. The molecule has 0 unspecified atom stereocenters. The Kier molecular flexibility index (Phi) is 4.38. The summed E-state index contributed by atoms with van der Waals surface area (Å²) in [6.45, 7) is -0.148. The minimum absolute atomic E-state index is 0.148. The zero-order valence-electron chi connectivity index (χ0n) is 10.8. The van der Waals surface area contributed by atoms with Crippen molar-refractivity contribution in [1.29, 1.82) is 0 Å². The molecule has 112 valence electrons. The normalized spacial score (nSPS) is 11.4. The van der Waals surface area contributed by atoms with Gasteiger partial charge in [-0.15, -0.1) is 5.10 Å². The van der Waals surface area contributed by atoms with Crippen LogP contribution in [0.2, 0.25) is 0 Å². The van der Waals surface area contributed by atoms with Gasteiger partial charge in [-0.1, -0.05) is 0 Å². The lowest BCUT2D eigenvalue weighted by Gasteiger charge is -2.10. The summed E-state index contributed by atoms with van der Waals surface area (Å²) in [5.41, 5.74) is -0.368. The van der Waals surface area contributed by atoms with Crippen molar-refractivity contribution in [3.8, 4) is 0 Å². The first-order chi connectivity index (χ1) is 9.95. The second kappa shape index (κ2) is 6.06. The number of sulfonamides is 1. The lowest BCUT2D eigenvalue weighted by atomic mass is 10.2. The number of hydrogen-bond donors (Lipinski definition) is 2. The lowest BCUT2D eigenvalue weighted by Crippen LogP contribution is -2.19. The average molecular weight is 315 g/mol. The highest BCUT2D eigenvalue weighted by atomic mass is 32.2. The summed E-state index contributed by atoms with van der Waals surface area (Å²) in [4.78, 5) is 2.93. The maximum absolute atomic E-state index is 14.2. The van der Waals surface area contributed by atoms with Gasteiger partial charge < -0.3 is 5.32 Å². The van der Waals surface area contributed by atoms with Crippen LogP contribution in [0, 0.1) is 11.6 Å². The van der Waals surface area contributed by atoms with E-state index in [4.69, 9.17) is 0 Å². The molecule has 1 heterocycles. The van der Waals surface area contributed by atoms with Crippen LogP contribution >= 0.6 is 0 Å². The van der Waals surface area contributed by atoms with Crippen molar-refractivity contribution in [1.82, 2.24) is 20.5 Å². The summed E-state index contributed by atoms with van der Waals surface area (Å²) in [6, 6.07) is 1.72. The average Bonchev–Trinajstić information content (AvgIpc) is 2.43. The molecular weight excluding hydrogens is 304 g/mol. The van der Waals surface area contributed by atoms with Gasteiger partial charge >= 0.3 is 0 Å². The zero-order valence-corrected chi connectivity index (χ0v) is 11.7. The van der Waals surface area contributed by atoms with Crippen LogP contribution in [0.1, 0.15) is 5.56 Å². The van der Waals surface area contributed by atoms with Gasteiger partial charge in [0, 0.05) is 12.1 Å². The van der Waals surface area contributed by atoms with E-state index in [1.165, 1.54) is 19.4 Å². The molecule has 1 aromatic heterocycles. The first-order valence-electron chi connectivity index (χ1n) is 5.73. The number of rotatable bonds is 5. The molecule has 10 heteroatoms. The van der Waals surface area contributed by atoms with E-state index in [-0.39, 0.29) is 18.1 Å². The van der Waals surface area contributed by atoms with Crippen molar-refractivity contribution in [2.75, 3.05) is 11.8 Å². The molecule has 0 atom stereocenters. The summed E-state index contributed by atoms with van der Waals surface area (Å²) in [6.07, 6.45) is 2.47. The SMILES string of the molecule is CNCc1c(F)ccc(S(=O)(=O)Nc2nccnn2)c1F. The van der Waals surface area contributed by atoms with Gasteiger partial charge in [-0.3, -0.25) is 0 Å². The summed E-state index contributed by atoms with van der Waals surface area (Å²) < 4.78 is 53.8. The van der Waals surface area contributed by atoms with Gasteiger partial charge in [0.1, 0.15) is 10.7 Å². The number of anilines is 1. The van der Waals surface area contributed by atoms with E-state index in [1.807, 2.05) is 4.72 Å². The minimum Gasteiger partial charge on any atom is -0.315 e. The van der Waals surface area contributed by atoms with Crippen molar-refractivity contribution >= 4 is 16.0 Å². The fourth-order valence-electron chi connectivity index (χ4n) is 1.59. The molecule has 2 N–H and O–H groups in total. The minimum atomic E-state index is -4.29. The van der Waals surface area contributed by atoms with Crippen LogP contribution in [-0.2, 0) is 16.6 Å². The first kappa shape index (κ1) is 15.2. The van der Waals surface area contributed by atoms with E-state index < -0.39 is 26.6 Å². The van der Waals surface area contributed by atoms with E-state index in [0.717, 1.165) is 12.1 Å². The molecule has 0 amide bonds. The number of hydrogen-bond acceptors (Lipinski definition) is 6. The van der Waals surface area contributed by atoms with Crippen molar-refractivity contribution in [3.05, 3.63) is 41.7 Å². The van der Waals surface area contributed by atoms with Gasteiger partial charge in [-0.05, 0) is 19.2 Å². The molecule has 21 heavy (non-hydrogen) atoms. The topological polar surface area (TPSA) is 96.9 Å². The Hall–Kier alpha value is -2.20. The third-order valence-electron chi connectivity index (χ3n) is 2.50. The van der Waals surface area contributed by atoms with Crippen molar-refractivity contribution in [2.45, 2.75) is 11.4 Å². The molecule has 0 aliphatic carbocycles. The molecule has 0 aliphatic heterocycles. The maximum atomic E-state index is 14.2. The van der Waals surface area contributed by atoms with Gasteiger partial charge in [0.2, 0.25) is 0 Å². The molecule has 2 rings (SSSR count). The maximum Gasteiger partial charge on any atom is 0.267 e. The molecule has 2 aromatic rings. The van der Waals surface area contributed by atoms with Crippen LogP contribution in [0.3, 0.4) is 0 Å². The Morgan fingerprint density at radius 3 is 2.62 bits per heavy atom. The summed E-state index contributed by atoms with van der Waals surface area (Å²) in [7, 11) is -2.80. The van der Waals surface area contributed by atoms with E-state index >= 15 is 0 Å². The van der Waals surface area contributed by atoms with E-state index in [1.54, 1.807) is 0 Å². The van der Waals surface area contributed by atoms with Crippen LogP contribution in [0.4, 0.5) is 14.7 Å². The van der Waals surface area contributed by atoms with Crippen LogP contribution < -0.4 is 10.0 Å². The molecule has 7 nitrogen and oxygen atoms in total. The summed E-state index contributed by atoms with van der Waals surface area (Å²) in [5, 5.41) is 9.44. The Bertz CT molecular complexity index is 740. The third kappa shape index (κ3) is 3.28. The van der Waals surface area contributed by atoms with Crippen LogP contribution in [-0.4, -0.2) is 30.6 Å². The van der Waals surface area contributed by atoms with Gasteiger partial charge in [0.15, 0.2) is 5.82 Å². The quantitative estimate of drug-likeness (QED) is 0.842. The molecule has 0 radical (unpaired) electrons. The number of halogens is 2. The second-order valence-corrected chi connectivity index (χ2v) is 5.59. The van der Waals surface area contributed by atoms with Crippen molar-refractivity contribution in [2.24, 2.45) is 0 Å². The second-order valence-electron chi connectivity index (χ2n) is 3.94. The number of benzene rings is 1. The van der Waals surface area contributed by atoms with Gasteiger partial charge in [0.25, 0.3) is 16.0 Å². The number of nitrogens with one attached hydrogen (secondary N) is 2. The number of aromatic nitrogens is 3. The van der Waals surface area contributed by atoms with Gasteiger partial charge in [-0.2, -0.15) is 5.10 Å². The zero-order chi connectivity index (χ0) is 15.5. The molecule has 0 fully saturated rings. The predicted molar refractivity (Wildman–Crippen MR) is 69.8 cm³/mol. The van der Waals surface area contributed by atoms with Crippen LogP contribution in [0.5, 0.6) is 0 Å². The van der Waals surface area contributed by atoms with E-state index in [2.05, 4.69) is 20.5 Å². The fraction of sp³-hybridized carbons (Fsp3) is 0.182. The Morgan fingerprint density at radius 1 is 1.24 bits per heavy atom. The van der Waals surface area contributed by atoms with Crippen LogP contribution in [0.25, 0.3) is 0 Å². The first-order valence-corrected chi connectivity index (χ1v) is 7.22. The smallest absolute Gasteiger partial charge is 0.267 e. The Morgan fingerprint density at radius 2 is 2.00 bits per heavy atom. The Balaban J connectivity index is 2.43. The van der Waals surface area contributed by atoms with Gasteiger partial charge in [-0.25, -0.2) is 26.9 Å². The van der Waals surface area contributed by atoms with Crippen molar-refractivity contribution < 1.29 is 17.2 Å². The molecule has 0 saturated carbocycles. The fourth-order valence-corrected chi connectivity index (χ4v) is 2.64. The summed E-state index contributed by atoms with van der Waals surface area (Å²) in [5.74, 6) is -2.31. The standard InChI is InChI=1S/C11H11F2N5O2S/c1-14-6-7-8(12)2-3-9(10(7)13)21(19,20)18-11-15-4-5-16-17-11/h2-5,14H,6H2,1H3,(H,15,17,18). The number of nitrogens with zero attached hydrogens (tertiary/aromatic N) is 3. The largest absolute Gasteiger partial charge is 0.315 e. The highest BCUT2D eigenvalue weighted by molar-refractivity contribution is 7.92. The monoisotopic (exact) mass is 315 g/mol. The molecule has 0 aliphatic rings. The molecule has 1 aromatic carbocycles. The third-order valence-corrected chi connectivity index (χ3v) is 3.85.